The van der Waals surface area contributed by atoms with E-state index in [1.54, 1.807) is 20.8 Å². The molecule has 3 N–H and O–H groups in total. The van der Waals surface area contributed by atoms with Crippen molar-refractivity contribution in [2.75, 3.05) is 7.05 Å². The van der Waals surface area contributed by atoms with Gasteiger partial charge in [-0.25, -0.2) is 4.79 Å². The first-order valence-electron chi connectivity index (χ1n) is 7.70. The van der Waals surface area contributed by atoms with Crippen LogP contribution < -0.4 is 5.32 Å². The summed E-state index contributed by atoms with van der Waals surface area (Å²) in [5.74, 6) is -1.87. The SMILES string of the molecule is C[C@H](NC(=O)[C@H](c1ccc(O)cc1)N(C)C(=O)OC(C)(C)C)C(=O)O. The molecule has 0 unspecified atom stereocenters. The number of nitrogens with one attached hydrogen (secondary N) is 1. The second-order valence-electron chi connectivity index (χ2n) is 6.65. The predicted molar refractivity (Wildman–Crippen MR) is 90.1 cm³/mol. The number of hydrogen-bond acceptors (Lipinski definition) is 5. The van der Waals surface area contributed by atoms with E-state index in [0.717, 1.165) is 4.90 Å². The fourth-order valence-electron chi connectivity index (χ4n) is 2.00. The number of phenols is 1. The summed E-state index contributed by atoms with van der Waals surface area (Å²) in [5, 5.41) is 20.7. The van der Waals surface area contributed by atoms with E-state index in [-0.39, 0.29) is 5.75 Å². The molecule has 0 saturated heterocycles. The number of rotatable bonds is 5. The Kier molecular flexibility index (Phi) is 6.38. The number of amides is 2. The Labute approximate surface area is 146 Å². The van der Waals surface area contributed by atoms with E-state index in [0.29, 0.717) is 5.56 Å². The molecule has 0 aromatic heterocycles. The first-order valence-corrected chi connectivity index (χ1v) is 7.70. The number of likely N-dealkylation sites (N-methyl/N-ethyl adjacent to an activating group) is 1. The maximum absolute atomic E-state index is 12.6. The largest absolute Gasteiger partial charge is 0.508 e. The lowest BCUT2D eigenvalue weighted by Crippen LogP contribution is -2.47. The second-order valence-corrected chi connectivity index (χ2v) is 6.65. The Morgan fingerprint density at radius 2 is 1.68 bits per heavy atom. The summed E-state index contributed by atoms with van der Waals surface area (Å²) in [4.78, 5) is 37.0. The highest BCUT2D eigenvalue weighted by Crippen LogP contribution is 2.24. The predicted octanol–water partition coefficient (Wildman–Crippen LogP) is 1.89. The molecule has 25 heavy (non-hydrogen) atoms. The average molecular weight is 352 g/mol. The molecule has 0 aliphatic heterocycles. The van der Waals surface area contributed by atoms with E-state index in [1.165, 1.54) is 38.2 Å². The molecule has 138 valence electrons. The monoisotopic (exact) mass is 352 g/mol. The number of aliphatic carboxylic acids is 1. The molecule has 1 aromatic rings. The summed E-state index contributed by atoms with van der Waals surface area (Å²) in [5.41, 5.74) is -0.350. The van der Waals surface area contributed by atoms with Crippen LogP contribution in [0, 0.1) is 0 Å². The molecule has 1 rings (SSSR count). The number of phenolic OH excluding ortho intramolecular Hbond substituents is 1. The fourth-order valence-corrected chi connectivity index (χ4v) is 2.00. The van der Waals surface area contributed by atoms with Crippen LogP contribution in [0.2, 0.25) is 0 Å². The lowest BCUT2D eigenvalue weighted by molar-refractivity contribution is -0.142. The number of hydrogen-bond donors (Lipinski definition) is 3. The van der Waals surface area contributed by atoms with Crippen molar-refractivity contribution in [1.29, 1.82) is 0 Å². The molecular formula is C17H24N2O6. The average Bonchev–Trinajstić information content (AvgIpc) is 2.47. The van der Waals surface area contributed by atoms with Gasteiger partial charge in [-0.2, -0.15) is 0 Å². The Morgan fingerprint density at radius 1 is 1.16 bits per heavy atom. The van der Waals surface area contributed by atoms with Crippen LogP contribution in [-0.4, -0.2) is 51.8 Å². The van der Waals surface area contributed by atoms with Crippen molar-refractivity contribution >= 4 is 18.0 Å². The third-order valence-electron chi connectivity index (χ3n) is 3.26. The summed E-state index contributed by atoms with van der Waals surface area (Å²) in [7, 11) is 1.39. The summed E-state index contributed by atoms with van der Waals surface area (Å²) in [6, 6.07) is 3.47. The number of ether oxygens (including phenoxy) is 1. The van der Waals surface area contributed by atoms with E-state index in [2.05, 4.69) is 5.32 Å². The van der Waals surface area contributed by atoms with Gasteiger partial charge in [0.2, 0.25) is 5.91 Å². The number of aromatic hydroxyl groups is 1. The van der Waals surface area contributed by atoms with Gasteiger partial charge in [0, 0.05) is 7.05 Å². The fraction of sp³-hybridized carbons (Fsp3) is 0.471. The molecular weight excluding hydrogens is 328 g/mol. The summed E-state index contributed by atoms with van der Waals surface area (Å²) >= 11 is 0. The van der Waals surface area contributed by atoms with Gasteiger partial charge in [-0.05, 0) is 45.4 Å². The minimum atomic E-state index is -1.20. The minimum Gasteiger partial charge on any atom is -0.508 e. The van der Waals surface area contributed by atoms with Crippen LogP contribution in [0.3, 0.4) is 0 Å². The lowest BCUT2D eigenvalue weighted by atomic mass is 10.0. The Balaban J connectivity index is 3.14. The lowest BCUT2D eigenvalue weighted by Gasteiger charge is -2.30. The second kappa shape index (κ2) is 7.87. The van der Waals surface area contributed by atoms with E-state index >= 15 is 0 Å². The molecule has 0 spiro atoms. The van der Waals surface area contributed by atoms with Gasteiger partial charge >= 0.3 is 12.1 Å². The van der Waals surface area contributed by atoms with E-state index in [4.69, 9.17) is 9.84 Å². The Hall–Kier alpha value is -2.77. The van der Waals surface area contributed by atoms with E-state index in [9.17, 15) is 19.5 Å². The maximum Gasteiger partial charge on any atom is 0.410 e. The molecule has 0 bridgehead atoms. The molecule has 1 aromatic carbocycles. The third-order valence-corrected chi connectivity index (χ3v) is 3.26. The first kappa shape index (κ1) is 20.3. The number of carbonyl (C=O) groups is 3. The van der Waals surface area contributed by atoms with Gasteiger partial charge in [-0.15, -0.1) is 0 Å². The van der Waals surface area contributed by atoms with Crippen LogP contribution >= 0.6 is 0 Å². The highest BCUT2D eigenvalue weighted by molar-refractivity contribution is 5.90. The van der Waals surface area contributed by atoms with Crippen molar-refractivity contribution in [2.24, 2.45) is 0 Å². The number of benzene rings is 1. The minimum absolute atomic E-state index is 0.00160. The summed E-state index contributed by atoms with van der Waals surface area (Å²) < 4.78 is 5.27. The molecule has 0 aliphatic rings. The highest BCUT2D eigenvalue weighted by atomic mass is 16.6. The van der Waals surface area contributed by atoms with Gasteiger partial charge in [-0.3, -0.25) is 14.5 Å². The van der Waals surface area contributed by atoms with Crippen molar-refractivity contribution in [3.05, 3.63) is 29.8 Å². The molecule has 2 atom stereocenters. The molecule has 0 fully saturated rings. The van der Waals surface area contributed by atoms with Gasteiger partial charge in [0.15, 0.2) is 0 Å². The summed E-state index contributed by atoms with van der Waals surface area (Å²) in [6.07, 6.45) is -0.733. The van der Waals surface area contributed by atoms with Crippen LogP contribution in [0.1, 0.15) is 39.3 Å². The van der Waals surface area contributed by atoms with Gasteiger partial charge in [-0.1, -0.05) is 12.1 Å². The third kappa shape index (κ3) is 5.98. The van der Waals surface area contributed by atoms with Crippen LogP contribution in [0.5, 0.6) is 5.75 Å². The van der Waals surface area contributed by atoms with Crippen molar-refractivity contribution in [2.45, 2.75) is 45.4 Å². The Bertz CT molecular complexity index is 636. The zero-order valence-corrected chi connectivity index (χ0v) is 14.9. The molecule has 0 radical (unpaired) electrons. The maximum atomic E-state index is 12.6. The molecule has 0 saturated carbocycles. The van der Waals surface area contributed by atoms with Crippen molar-refractivity contribution < 1.29 is 29.3 Å². The van der Waals surface area contributed by atoms with Crippen LogP contribution in [0.25, 0.3) is 0 Å². The van der Waals surface area contributed by atoms with Gasteiger partial charge in [0.25, 0.3) is 0 Å². The van der Waals surface area contributed by atoms with Crippen molar-refractivity contribution in [1.82, 2.24) is 10.2 Å². The Morgan fingerprint density at radius 3 is 2.12 bits per heavy atom. The molecule has 8 heteroatoms. The molecule has 0 aliphatic carbocycles. The van der Waals surface area contributed by atoms with Crippen LogP contribution in [0.15, 0.2) is 24.3 Å². The molecule has 2 amide bonds. The normalized spacial score (nSPS) is 13.5. The van der Waals surface area contributed by atoms with E-state index in [1.807, 2.05) is 0 Å². The smallest absolute Gasteiger partial charge is 0.410 e. The topological polar surface area (TPSA) is 116 Å². The van der Waals surface area contributed by atoms with Gasteiger partial charge in [0.1, 0.15) is 23.4 Å². The van der Waals surface area contributed by atoms with Gasteiger partial charge < -0.3 is 20.3 Å². The standard InChI is InChI=1S/C17H24N2O6/c1-10(15(22)23)18-14(21)13(11-6-8-12(20)9-7-11)19(5)16(24)25-17(2,3)4/h6-10,13,20H,1-5H3,(H,18,21)(H,22,23)/t10-,13-/m0/s1. The quantitative estimate of drug-likeness (QED) is 0.745. The summed E-state index contributed by atoms with van der Waals surface area (Å²) in [6.45, 7) is 6.41. The zero-order chi connectivity index (χ0) is 19.4. The zero-order valence-electron chi connectivity index (χ0n) is 14.9. The number of carboxylic acid groups (broad SMARTS) is 1. The number of carboxylic acids is 1. The number of carbonyl (C=O) groups excluding carboxylic acids is 2. The molecule has 0 heterocycles. The van der Waals surface area contributed by atoms with E-state index < -0.39 is 35.7 Å². The number of nitrogens with zero attached hydrogens (tertiary/aromatic N) is 1. The first-order chi connectivity index (χ1) is 11.4. The van der Waals surface area contributed by atoms with Crippen LogP contribution in [0.4, 0.5) is 4.79 Å². The van der Waals surface area contributed by atoms with Crippen molar-refractivity contribution in [3.8, 4) is 5.75 Å². The van der Waals surface area contributed by atoms with Crippen LogP contribution in [-0.2, 0) is 14.3 Å². The van der Waals surface area contributed by atoms with Gasteiger partial charge in [0.05, 0.1) is 0 Å². The van der Waals surface area contributed by atoms with Crippen molar-refractivity contribution in [3.63, 3.8) is 0 Å². The molecule has 8 nitrogen and oxygen atoms in total. The highest BCUT2D eigenvalue weighted by Gasteiger charge is 2.33.